The fraction of sp³-hybridized carbons (Fsp3) is 0.412. The van der Waals surface area contributed by atoms with Crippen molar-refractivity contribution < 1.29 is 0 Å². The third-order valence-corrected chi connectivity index (χ3v) is 4.79. The lowest BCUT2D eigenvalue weighted by Gasteiger charge is -2.11. The molecule has 0 aliphatic heterocycles. The summed E-state index contributed by atoms with van der Waals surface area (Å²) in [6.07, 6.45) is 0.923. The molecule has 7 heteroatoms. The van der Waals surface area contributed by atoms with Gasteiger partial charge in [0.15, 0.2) is 5.96 Å². The van der Waals surface area contributed by atoms with E-state index in [1.807, 2.05) is 24.3 Å². The molecule has 132 valence electrons. The van der Waals surface area contributed by atoms with E-state index >= 15 is 0 Å². The second-order valence-electron chi connectivity index (χ2n) is 5.56. The highest BCUT2D eigenvalue weighted by Crippen LogP contribution is 2.18. The molecule has 0 aliphatic carbocycles. The molecule has 1 aromatic heterocycles. The van der Waals surface area contributed by atoms with Crippen molar-refractivity contribution >= 4 is 52.9 Å². The second kappa shape index (κ2) is 10.9. The number of hydrogen-bond donors (Lipinski definition) is 2. The minimum Gasteiger partial charge on any atom is -0.356 e. The van der Waals surface area contributed by atoms with Gasteiger partial charge in [-0.1, -0.05) is 37.6 Å². The summed E-state index contributed by atoms with van der Waals surface area (Å²) in [7, 11) is 1.78. The van der Waals surface area contributed by atoms with Gasteiger partial charge in [-0.25, -0.2) is 4.98 Å². The Bertz CT molecular complexity index is 640. The molecular formula is C17H24ClIN4S. The van der Waals surface area contributed by atoms with Crippen LogP contribution in [0.4, 0.5) is 0 Å². The molecule has 0 unspecified atom stereocenters. The van der Waals surface area contributed by atoms with Gasteiger partial charge < -0.3 is 10.6 Å². The molecule has 0 bridgehead atoms. The number of rotatable bonds is 6. The molecule has 2 N–H and O–H groups in total. The van der Waals surface area contributed by atoms with E-state index in [9.17, 15) is 0 Å². The van der Waals surface area contributed by atoms with Crippen LogP contribution in [-0.4, -0.2) is 24.5 Å². The van der Waals surface area contributed by atoms with E-state index in [-0.39, 0.29) is 24.0 Å². The average molecular weight is 479 g/mol. The highest BCUT2D eigenvalue weighted by molar-refractivity contribution is 14.0. The van der Waals surface area contributed by atoms with Gasteiger partial charge in [0.25, 0.3) is 0 Å². The van der Waals surface area contributed by atoms with Gasteiger partial charge in [0.2, 0.25) is 0 Å². The molecule has 2 rings (SSSR count). The lowest BCUT2D eigenvalue weighted by Crippen LogP contribution is -2.37. The van der Waals surface area contributed by atoms with Crippen molar-refractivity contribution in [2.24, 2.45) is 4.99 Å². The van der Waals surface area contributed by atoms with Crippen LogP contribution >= 0.6 is 46.9 Å². The first-order valence-corrected chi connectivity index (χ1v) is 8.97. The largest absolute Gasteiger partial charge is 0.356 e. The smallest absolute Gasteiger partial charge is 0.191 e. The molecule has 0 atom stereocenters. The van der Waals surface area contributed by atoms with Crippen molar-refractivity contribution in [3.8, 4) is 0 Å². The van der Waals surface area contributed by atoms with Crippen LogP contribution in [-0.2, 0) is 13.0 Å². The molecule has 1 heterocycles. The van der Waals surface area contributed by atoms with Gasteiger partial charge in [0.1, 0.15) is 0 Å². The van der Waals surface area contributed by atoms with E-state index in [2.05, 4.69) is 39.8 Å². The number of nitrogens with zero attached hydrogens (tertiary/aromatic N) is 2. The number of thiazole rings is 1. The molecule has 0 saturated heterocycles. The van der Waals surface area contributed by atoms with Crippen molar-refractivity contribution in [1.82, 2.24) is 15.6 Å². The lowest BCUT2D eigenvalue weighted by molar-refractivity contribution is 0.776. The normalized spacial score (nSPS) is 11.3. The number of hydrogen-bond acceptors (Lipinski definition) is 3. The Morgan fingerprint density at radius 2 is 1.96 bits per heavy atom. The summed E-state index contributed by atoms with van der Waals surface area (Å²) in [5, 5.41) is 10.7. The topological polar surface area (TPSA) is 49.3 Å². The number of aliphatic imine (C=N–C) groups is 1. The highest BCUT2D eigenvalue weighted by atomic mass is 127. The lowest BCUT2D eigenvalue weighted by atomic mass is 10.1. The Morgan fingerprint density at radius 1 is 1.25 bits per heavy atom. The molecule has 2 aromatic rings. The molecule has 4 nitrogen and oxygen atoms in total. The van der Waals surface area contributed by atoms with Gasteiger partial charge in [0.05, 0.1) is 17.2 Å². The van der Waals surface area contributed by atoms with Crippen LogP contribution in [0.3, 0.4) is 0 Å². The summed E-state index contributed by atoms with van der Waals surface area (Å²) in [6.45, 7) is 5.82. The SMILES string of the molecule is CN=C(NCCc1ccc(Cl)cc1)NCc1csc(C(C)C)n1.I. The third kappa shape index (κ3) is 6.94. The summed E-state index contributed by atoms with van der Waals surface area (Å²) in [5.74, 6) is 1.27. The van der Waals surface area contributed by atoms with Crippen LogP contribution in [0.25, 0.3) is 0 Å². The van der Waals surface area contributed by atoms with E-state index in [0.717, 1.165) is 29.6 Å². The Kier molecular flexibility index (Phi) is 9.61. The molecule has 0 radical (unpaired) electrons. The maximum atomic E-state index is 5.89. The highest BCUT2D eigenvalue weighted by Gasteiger charge is 2.06. The number of nitrogens with one attached hydrogen (secondary N) is 2. The number of benzene rings is 1. The van der Waals surface area contributed by atoms with E-state index in [1.165, 1.54) is 10.6 Å². The predicted molar refractivity (Wildman–Crippen MR) is 115 cm³/mol. The molecule has 24 heavy (non-hydrogen) atoms. The van der Waals surface area contributed by atoms with Crippen LogP contribution in [0.2, 0.25) is 5.02 Å². The average Bonchev–Trinajstić information content (AvgIpc) is 3.01. The third-order valence-electron chi connectivity index (χ3n) is 3.34. The van der Waals surface area contributed by atoms with Crippen LogP contribution in [0.15, 0.2) is 34.6 Å². The predicted octanol–water partition coefficient (Wildman–Crippen LogP) is 4.45. The number of halogens is 2. The quantitative estimate of drug-likeness (QED) is 0.366. The minimum atomic E-state index is 0. The zero-order valence-electron chi connectivity index (χ0n) is 14.2. The first-order chi connectivity index (χ1) is 11.1. The minimum absolute atomic E-state index is 0. The van der Waals surface area contributed by atoms with Gasteiger partial charge in [-0.15, -0.1) is 35.3 Å². The Hall–Kier alpha value is -0.860. The van der Waals surface area contributed by atoms with Gasteiger partial charge in [-0.2, -0.15) is 0 Å². The summed E-state index contributed by atoms with van der Waals surface area (Å²) in [5.41, 5.74) is 2.30. The molecule has 0 amide bonds. The van der Waals surface area contributed by atoms with Crippen LogP contribution in [0.1, 0.15) is 36.0 Å². The van der Waals surface area contributed by atoms with Gasteiger partial charge in [-0.05, 0) is 24.1 Å². The Balaban J connectivity index is 0.00000288. The van der Waals surface area contributed by atoms with E-state index in [4.69, 9.17) is 11.6 Å². The number of guanidine groups is 1. The zero-order valence-corrected chi connectivity index (χ0v) is 18.1. The standard InChI is InChI=1S/C17H23ClN4S.HI/c1-12(2)16-22-15(11-23-16)10-21-17(19-3)20-9-8-13-4-6-14(18)7-5-13;/h4-7,11-12H,8-10H2,1-3H3,(H2,19,20,21);1H. The van der Waals surface area contributed by atoms with Crippen molar-refractivity contribution in [1.29, 1.82) is 0 Å². The fourth-order valence-corrected chi connectivity index (χ4v) is 3.00. The van der Waals surface area contributed by atoms with Gasteiger partial charge in [-0.3, -0.25) is 4.99 Å². The first-order valence-electron chi connectivity index (χ1n) is 7.71. The van der Waals surface area contributed by atoms with Crippen LogP contribution < -0.4 is 10.6 Å². The van der Waals surface area contributed by atoms with E-state index in [1.54, 1.807) is 18.4 Å². The zero-order chi connectivity index (χ0) is 16.7. The van der Waals surface area contributed by atoms with Crippen LogP contribution in [0.5, 0.6) is 0 Å². The summed E-state index contributed by atoms with van der Waals surface area (Å²) in [4.78, 5) is 8.85. The Labute approximate surface area is 170 Å². The fourth-order valence-electron chi connectivity index (χ4n) is 2.04. The summed E-state index contributed by atoms with van der Waals surface area (Å²) >= 11 is 7.60. The van der Waals surface area contributed by atoms with E-state index < -0.39 is 0 Å². The van der Waals surface area contributed by atoms with E-state index in [0.29, 0.717) is 12.5 Å². The molecule has 1 aromatic carbocycles. The van der Waals surface area contributed by atoms with Crippen molar-refractivity contribution in [2.75, 3.05) is 13.6 Å². The second-order valence-corrected chi connectivity index (χ2v) is 6.89. The van der Waals surface area contributed by atoms with Crippen LogP contribution in [0, 0.1) is 0 Å². The summed E-state index contributed by atoms with van der Waals surface area (Å²) < 4.78 is 0. The first kappa shape index (κ1) is 21.2. The van der Waals surface area contributed by atoms with Crippen molar-refractivity contribution in [2.45, 2.75) is 32.7 Å². The Morgan fingerprint density at radius 3 is 2.54 bits per heavy atom. The van der Waals surface area contributed by atoms with Gasteiger partial charge in [0, 0.05) is 29.9 Å². The molecular weight excluding hydrogens is 455 g/mol. The molecule has 0 spiro atoms. The molecule has 0 fully saturated rings. The summed E-state index contributed by atoms with van der Waals surface area (Å²) in [6, 6.07) is 7.92. The van der Waals surface area contributed by atoms with Gasteiger partial charge >= 0.3 is 0 Å². The van der Waals surface area contributed by atoms with Crippen molar-refractivity contribution in [3.05, 3.63) is 50.9 Å². The van der Waals surface area contributed by atoms with Crippen molar-refractivity contribution in [3.63, 3.8) is 0 Å². The monoisotopic (exact) mass is 478 g/mol. The number of aromatic nitrogens is 1. The maximum Gasteiger partial charge on any atom is 0.191 e. The molecule has 0 saturated carbocycles. The maximum absolute atomic E-state index is 5.89. The molecule has 0 aliphatic rings.